The zero-order chi connectivity index (χ0) is 20.7. The molecule has 6 nitrogen and oxygen atoms in total. The quantitative estimate of drug-likeness (QED) is 0.505. The average molecular weight is 419 g/mol. The van der Waals surface area contributed by atoms with E-state index in [0.29, 0.717) is 5.65 Å². The molecule has 1 aromatic carbocycles. The minimum absolute atomic E-state index is 0.234. The number of aromatic nitrogens is 4. The smallest absolute Gasteiger partial charge is 0.269 e. The van der Waals surface area contributed by atoms with E-state index in [1.807, 2.05) is 6.20 Å². The minimum Gasteiger partial charge on any atom is -0.285 e. The first-order chi connectivity index (χ1) is 14.6. The molecule has 3 heterocycles. The van der Waals surface area contributed by atoms with E-state index in [2.05, 4.69) is 28.2 Å². The Bertz CT molecular complexity index is 1350. The lowest BCUT2D eigenvalue weighted by Crippen LogP contribution is -2.12. The van der Waals surface area contributed by atoms with Crippen LogP contribution >= 0.6 is 0 Å². The van der Waals surface area contributed by atoms with Crippen molar-refractivity contribution in [3.05, 3.63) is 72.3 Å². The van der Waals surface area contributed by atoms with E-state index in [-0.39, 0.29) is 4.90 Å². The predicted molar refractivity (Wildman–Crippen MR) is 117 cm³/mol. The van der Waals surface area contributed by atoms with E-state index < -0.39 is 10.0 Å². The Morgan fingerprint density at radius 2 is 1.83 bits per heavy atom. The van der Waals surface area contributed by atoms with E-state index in [1.165, 1.54) is 28.0 Å². The Balaban J connectivity index is 1.76. The van der Waals surface area contributed by atoms with Crippen LogP contribution in [0.25, 0.3) is 27.7 Å². The summed E-state index contributed by atoms with van der Waals surface area (Å²) in [7, 11) is -3.77. The number of aromatic amines is 1. The van der Waals surface area contributed by atoms with E-state index in [0.717, 1.165) is 34.9 Å². The maximum absolute atomic E-state index is 13.4. The number of rotatable bonds is 4. The van der Waals surface area contributed by atoms with Crippen LogP contribution in [-0.2, 0) is 10.0 Å². The van der Waals surface area contributed by atoms with Crippen molar-refractivity contribution >= 4 is 26.6 Å². The lowest BCUT2D eigenvalue weighted by atomic mass is 9.88. The molecule has 0 amide bonds. The fourth-order valence-electron chi connectivity index (χ4n) is 4.21. The zero-order valence-electron chi connectivity index (χ0n) is 16.7. The van der Waals surface area contributed by atoms with Crippen molar-refractivity contribution in [1.82, 2.24) is 19.2 Å². The van der Waals surface area contributed by atoms with Crippen LogP contribution in [0.3, 0.4) is 0 Å². The first kappa shape index (κ1) is 18.8. The number of nitrogens with zero attached hydrogens (tertiary/aromatic N) is 3. The molecule has 0 fully saturated rings. The van der Waals surface area contributed by atoms with Crippen LogP contribution < -0.4 is 0 Å². The van der Waals surface area contributed by atoms with Crippen LogP contribution in [0.4, 0.5) is 0 Å². The monoisotopic (exact) mass is 418 g/mol. The summed E-state index contributed by atoms with van der Waals surface area (Å²) in [5.74, 6) is 0. The Labute approximate surface area is 175 Å². The van der Waals surface area contributed by atoms with Gasteiger partial charge in [0.2, 0.25) is 0 Å². The maximum Gasteiger partial charge on any atom is 0.269 e. The number of nitrogens with one attached hydrogen (secondary N) is 1. The van der Waals surface area contributed by atoms with Gasteiger partial charge in [0, 0.05) is 35.1 Å². The van der Waals surface area contributed by atoms with E-state index >= 15 is 0 Å². The molecule has 5 rings (SSSR count). The molecule has 1 aliphatic rings. The molecule has 0 saturated carbocycles. The molecule has 0 spiro atoms. The van der Waals surface area contributed by atoms with Gasteiger partial charge < -0.3 is 0 Å². The van der Waals surface area contributed by atoms with Crippen molar-refractivity contribution in [2.75, 3.05) is 0 Å². The van der Waals surface area contributed by atoms with Crippen LogP contribution in [0.5, 0.6) is 0 Å². The second kappa shape index (κ2) is 7.25. The van der Waals surface area contributed by atoms with Gasteiger partial charge >= 0.3 is 0 Å². The maximum atomic E-state index is 13.4. The highest BCUT2D eigenvalue weighted by Gasteiger charge is 2.24. The largest absolute Gasteiger partial charge is 0.285 e. The van der Waals surface area contributed by atoms with Gasteiger partial charge in [0.05, 0.1) is 11.1 Å². The number of benzene rings is 1. The summed E-state index contributed by atoms with van der Waals surface area (Å²) < 4.78 is 28.0. The third-order valence-corrected chi connectivity index (χ3v) is 7.48. The molecule has 7 heteroatoms. The lowest BCUT2D eigenvalue weighted by molar-refractivity contribution is 0.589. The Morgan fingerprint density at radius 3 is 2.57 bits per heavy atom. The van der Waals surface area contributed by atoms with Crippen molar-refractivity contribution in [3.63, 3.8) is 0 Å². The number of allylic oxidation sites excluding steroid dienone is 2. The number of hydrogen-bond acceptors (Lipinski definition) is 4. The van der Waals surface area contributed by atoms with Crippen LogP contribution in [0, 0.1) is 0 Å². The first-order valence-electron chi connectivity index (χ1n) is 10.1. The molecule has 0 aliphatic heterocycles. The normalized spacial score (nSPS) is 15.1. The van der Waals surface area contributed by atoms with E-state index in [9.17, 15) is 8.42 Å². The van der Waals surface area contributed by atoms with Crippen LogP contribution in [0.2, 0.25) is 0 Å². The molecule has 4 aromatic rings. The second-order valence-electron chi connectivity index (χ2n) is 7.70. The average Bonchev–Trinajstić information content (AvgIpc) is 3.42. The molecule has 152 valence electrons. The van der Waals surface area contributed by atoms with Crippen molar-refractivity contribution in [2.24, 2.45) is 0 Å². The minimum atomic E-state index is -3.77. The molecule has 1 aliphatic carbocycles. The summed E-state index contributed by atoms with van der Waals surface area (Å²) in [6, 6.07) is 10.5. The Morgan fingerprint density at radius 1 is 1.03 bits per heavy atom. The summed E-state index contributed by atoms with van der Waals surface area (Å²) in [6.07, 6.45) is 11.5. The number of hydrogen-bond donors (Lipinski definition) is 1. The highest BCUT2D eigenvalue weighted by molar-refractivity contribution is 7.90. The van der Waals surface area contributed by atoms with E-state index in [4.69, 9.17) is 0 Å². The number of pyridine rings is 1. The summed E-state index contributed by atoms with van der Waals surface area (Å²) in [4.78, 5) is 4.87. The number of fused-ring (bicyclic) bond motifs is 1. The molecule has 30 heavy (non-hydrogen) atoms. The van der Waals surface area contributed by atoms with Gasteiger partial charge in [0.1, 0.15) is 0 Å². The molecule has 0 radical (unpaired) electrons. The van der Waals surface area contributed by atoms with Crippen LogP contribution in [0.15, 0.2) is 71.7 Å². The topological polar surface area (TPSA) is 80.6 Å². The Kier molecular flexibility index (Phi) is 4.55. The van der Waals surface area contributed by atoms with Crippen LogP contribution in [0.1, 0.15) is 38.2 Å². The SMILES string of the molecule is CC1=C(c2cnc3c(c2)c(-c2cn[nH]c2)cn3S(=O)(=O)c2ccccc2)CCCC1. The molecular weight excluding hydrogens is 396 g/mol. The fraction of sp³-hybridized carbons (Fsp3) is 0.217. The van der Waals surface area contributed by atoms with Crippen LogP contribution in [-0.4, -0.2) is 27.6 Å². The van der Waals surface area contributed by atoms with Crippen molar-refractivity contribution in [3.8, 4) is 11.1 Å². The summed E-state index contributed by atoms with van der Waals surface area (Å²) in [5, 5.41) is 7.67. The lowest BCUT2D eigenvalue weighted by Gasteiger charge is -2.18. The zero-order valence-corrected chi connectivity index (χ0v) is 17.5. The van der Waals surface area contributed by atoms with Gasteiger partial charge in [0.25, 0.3) is 10.0 Å². The van der Waals surface area contributed by atoms with Gasteiger partial charge in [-0.25, -0.2) is 17.4 Å². The van der Waals surface area contributed by atoms with Crippen molar-refractivity contribution in [2.45, 2.75) is 37.5 Å². The van der Waals surface area contributed by atoms with Crippen molar-refractivity contribution < 1.29 is 8.42 Å². The summed E-state index contributed by atoms with van der Waals surface area (Å²) in [6.45, 7) is 2.18. The standard InChI is InChI=1S/C23H22N4O2S/c1-16-7-5-6-10-20(16)17-11-21-22(18-13-25-26-14-18)15-27(23(21)24-12-17)30(28,29)19-8-3-2-4-9-19/h2-4,8-9,11-15H,5-7,10H2,1H3,(H,25,26). The van der Waals surface area contributed by atoms with Gasteiger partial charge in [-0.05, 0) is 61.9 Å². The van der Waals surface area contributed by atoms with Gasteiger partial charge in [-0.2, -0.15) is 5.10 Å². The molecule has 0 bridgehead atoms. The predicted octanol–water partition coefficient (Wildman–Crippen LogP) is 5.01. The number of H-pyrrole nitrogens is 1. The Hall–Kier alpha value is -3.19. The third-order valence-electron chi connectivity index (χ3n) is 5.81. The highest BCUT2D eigenvalue weighted by atomic mass is 32.2. The van der Waals surface area contributed by atoms with Gasteiger partial charge in [-0.1, -0.05) is 23.8 Å². The molecular formula is C23H22N4O2S. The van der Waals surface area contributed by atoms with Gasteiger partial charge in [0.15, 0.2) is 5.65 Å². The molecule has 1 N–H and O–H groups in total. The van der Waals surface area contributed by atoms with Gasteiger partial charge in [-0.3, -0.25) is 5.10 Å². The fourth-order valence-corrected chi connectivity index (χ4v) is 5.55. The molecule has 0 unspecified atom stereocenters. The molecule has 0 atom stereocenters. The van der Waals surface area contributed by atoms with Crippen molar-refractivity contribution in [1.29, 1.82) is 0 Å². The molecule has 3 aromatic heterocycles. The summed E-state index contributed by atoms with van der Waals surface area (Å²) >= 11 is 0. The van der Waals surface area contributed by atoms with E-state index in [1.54, 1.807) is 48.9 Å². The van der Waals surface area contributed by atoms with Gasteiger partial charge in [-0.15, -0.1) is 0 Å². The first-order valence-corrected chi connectivity index (χ1v) is 11.5. The highest BCUT2D eigenvalue weighted by Crippen LogP contribution is 2.36. The summed E-state index contributed by atoms with van der Waals surface area (Å²) in [5.41, 5.74) is 5.83. The third kappa shape index (κ3) is 3.06. The second-order valence-corrected chi connectivity index (χ2v) is 9.52. The molecule has 0 saturated heterocycles.